The first-order valence-electron chi connectivity index (χ1n) is 5.70. The predicted octanol–water partition coefficient (Wildman–Crippen LogP) is -4.31. The molecule has 0 unspecified atom stereocenters. The first-order chi connectivity index (χ1) is 8.58. The molecule has 0 aromatic rings. The summed E-state index contributed by atoms with van der Waals surface area (Å²) in [5.74, 6) is -0.499. The van der Waals surface area contributed by atoms with Crippen molar-refractivity contribution >= 4 is 17.7 Å². The van der Waals surface area contributed by atoms with E-state index in [0.717, 1.165) is 26.2 Å². The molecular weight excluding hydrogens is 349 g/mol. The van der Waals surface area contributed by atoms with Gasteiger partial charge in [-0.1, -0.05) is 0 Å². The summed E-state index contributed by atoms with van der Waals surface area (Å²) in [6, 6.07) is 0. The number of halogens is 1. The Labute approximate surface area is 116 Å². The molecule has 6 nitrogen and oxygen atoms in total. The minimum atomic E-state index is -0.871. The van der Waals surface area contributed by atoms with Gasteiger partial charge in [0.05, 0.1) is 0 Å². The van der Waals surface area contributed by atoms with Crippen LogP contribution in [-0.2, 0) is 14.4 Å². The standard InChI is InChI=1S/C11H15IN3O3/c1-13-4-6-14(7-5-13)11(18)8-12-15-9(16)2-3-10(15)17/h2-3H,4-8H2,1H3/q-1. The van der Waals surface area contributed by atoms with Crippen molar-refractivity contribution < 1.29 is 35.9 Å². The molecule has 2 heterocycles. The summed E-state index contributed by atoms with van der Waals surface area (Å²) in [6.45, 7) is 3.23. The molecule has 2 rings (SSSR count). The molecule has 0 spiro atoms. The van der Waals surface area contributed by atoms with Gasteiger partial charge in [-0.25, -0.2) is 0 Å². The number of rotatable bonds is 3. The van der Waals surface area contributed by atoms with Gasteiger partial charge in [0, 0.05) is 0 Å². The Morgan fingerprint density at radius 1 is 1.17 bits per heavy atom. The van der Waals surface area contributed by atoms with Crippen LogP contribution in [0.4, 0.5) is 0 Å². The monoisotopic (exact) mass is 364 g/mol. The summed E-state index contributed by atoms with van der Waals surface area (Å²) in [7, 11) is 2.03. The van der Waals surface area contributed by atoms with Gasteiger partial charge in [-0.15, -0.1) is 0 Å². The summed E-state index contributed by atoms with van der Waals surface area (Å²) in [5.41, 5.74) is 0. The molecule has 3 amide bonds. The van der Waals surface area contributed by atoms with Crippen molar-refractivity contribution in [3.63, 3.8) is 0 Å². The van der Waals surface area contributed by atoms with Crippen molar-refractivity contribution in [3.8, 4) is 0 Å². The zero-order chi connectivity index (χ0) is 13.1. The first-order valence-corrected chi connectivity index (χ1v) is 8.19. The molecule has 1 fully saturated rings. The van der Waals surface area contributed by atoms with Crippen LogP contribution in [0.3, 0.4) is 0 Å². The Bertz CT molecular complexity index is 384. The second kappa shape index (κ2) is 5.79. The molecule has 0 aromatic carbocycles. The zero-order valence-electron chi connectivity index (χ0n) is 10.1. The average molecular weight is 364 g/mol. The number of amides is 3. The molecule has 0 aromatic heterocycles. The van der Waals surface area contributed by atoms with E-state index >= 15 is 0 Å². The van der Waals surface area contributed by atoms with E-state index in [1.165, 1.54) is 15.3 Å². The number of carbonyl (C=O) groups excluding carboxylic acids is 3. The van der Waals surface area contributed by atoms with Crippen molar-refractivity contribution in [2.75, 3.05) is 37.7 Å². The van der Waals surface area contributed by atoms with E-state index in [2.05, 4.69) is 4.90 Å². The number of alkyl halides is 1. The van der Waals surface area contributed by atoms with Gasteiger partial charge in [-0.2, -0.15) is 0 Å². The van der Waals surface area contributed by atoms with Crippen LogP contribution in [0, 0.1) is 0 Å². The van der Waals surface area contributed by atoms with E-state index in [4.69, 9.17) is 0 Å². The van der Waals surface area contributed by atoms with Crippen LogP contribution in [0.2, 0.25) is 0 Å². The summed E-state index contributed by atoms with van der Waals surface area (Å²) < 4.78 is 1.54. The van der Waals surface area contributed by atoms with Gasteiger partial charge in [0.1, 0.15) is 0 Å². The Kier molecular flexibility index (Phi) is 4.33. The Morgan fingerprint density at radius 2 is 1.72 bits per heavy atom. The summed E-state index contributed by atoms with van der Waals surface area (Å²) in [4.78, 5) is 38.6. The van der Waals surface area contributed by atoms with E-state index in [0.29, 0.717) is 4.43 Å². The number of nitrogens with zero attached hydrogens (tertiary/aromatic N) is 3. The number of imide groups is 1. The Hall–Kier alpha value is -0.960. The molecular formula is C11H15IN3O3-. The second-order valence-corrected chi connectivity index (χ2v) is 6.64. The third-order valence-corrected chi connectivity index (χ3v) is 5.53. The van der Waals surface area contributed by atoms with Crippen LogP contribution in [0.5, 0.6) is 0 Å². The van der Waals surface area contributed by atoms with Crippen molar-refractivity contribution in [3.05, 3.63) is 12.2 Å². The van der Waals surface area contributed by atoms with E-state index in [9.17, 15) is 14.4 Å². The van der Waals surface area contributed by atoms with Crippen LogP contribution in [0.15, 0.2) is 12.2 Å². The second-order valence-electron chi connectivity index (χ2n) is 4.23. The minimum absolute atomic E-state index is 0.0587. The third kappa shape index (κ3) is 3.08. The summed E-state index contributed by atoms with van der Waals surface area (Å²) in [6.07, 6.45) is 2.53. The number of hydrogen-bond acceptors (Lipinski definition) is 4. The van der Waals surface area contributed by atoms with Crippen molar-refractivity contribution in [1.82, 2.24) is 12.9 Å². The molecule has 1 saturated heterocycles. The fraction of sp³-hybridized carbons (Fsp3) is 0.545. The van der Waals surface area contributed by atoms with Crippen LogP contribution < -0.4 is 21.5 Å². The molecule has 0 atom stereocenters. The average Bonchev–Trinajstić information content (AvgIpc) is 2.67. The summed E-state index contributed by atoms with van der Waals surface area (Å²) >= 11 is -0.871. The zero-order valence-corrected chi connectivity index (χ0v) is 12.3. The maximum atomic E-state index is 11.9. The number of likely N-dealkylation sites (N-methyl/N-ethyl adjacent to an activating group) is 1. The first kappa shape index (κ1) is 13.5. The number of hydrogen-bond donors (Lipinski definition) is 0. The molecule has 18 heavy (non-hydrogen) atoms. The van der Waals surface area contributed by atoms with Crippen molar-refractivity contribution in [2.24, 2.45) is 0 Å². The molecule has 0 bridgehead atoms. The van der Waals surface area contributed by atoms with Gasteiger partial charge < -0.3 is 0 Å². The van der Waals surface area contributed by atoms with Gasteiger partial charge in [-0.3, -0.25) is 0 Å². The van der Waals surface area contributed by atoms with E-state index in [-0.39, 0.29) is 17.7 Å². The molecule has 7 heteroatoms. The maximum absolute atomic E-state index is 11.9. The molecule has 100 valence electrons. The molecule has 0 saturated carbocycles. The Morgan fingerprint density at radius 3 is 2.28 bits per heavy atom. The molecule has 2 aliphatic heterocycles. The van der Waals surface area contributed by atoms with Gasteiger partial charge >= 0.3 is 116 Å². The molecule has 0 N–H and O–H groups in total. The van der Waals surface area contributed by atoms with Crippen LogP contribution in [0.1, 0.15) is 0 Å². The van der Waals surface area contributed by atoms with Crippen molar-refractivity contribution in [2.45, 2.75) is 0 Å². The molecule has 0 radical (unpaired) electrons. The normalized spacial score (nSPS) is 21.2. The molecule has 2 aliphatic rings. The number of piperazine rings is 1. The van der Waals surface area contributed by atoms with Gasteiger partial charge in [0.15, 0.2) is 0 Å². The van der Waals surface area contributed by atoms with Crippen molar-refractivity contribution in [1.29, 1.82) is 0 Å². The van der Waals surface area contributed by atoms with E-state index < -0.39 is 21.5 Å². The Balaban J connectivity index is 1.78. The third-order valence-electron chi connectivity index (χ3n) is 2.91. The van der Waals surface area contributed by atoms with Gasteiger partial charge in [-0.05, 0) is 0 Å². The number of carbonyl (C=O) groups is 3. The fourth-order valence-corrected chi connectivity index (χ4v) is 3.86. The quantitative estimate of drug-likeness (QED) is 0.220. The van der Waals surface area contributed by atoms with Crippen LogP contribution in [-0.4, -0.2) is 68.3 Å². The van der Waals surface area contributed by atoms with Crippen LogP contribution in [0.25, 0.3) is 0 Å². The fourth-order valence-electron chi connectivity index (χ4n) is 1.75. The SMILES string of the molecule is CN1CCN(C(=O)C[I-]N2C(=O)C=CC2=O)CC1. The van der Waals surface area contributed by atoms with Gasteiger partial charge in [0.25, 0.3) is 0 Å². The predicted molar refractivity (Wildman–Crippen MR) is 59.9 cm³/mol. The summed E-state index contributed by atoms with van der Waals surface area (Å²) in [5, 5.41) is 0. The van der Waals surface area contributed by atoms with E-state index in [1.54, 1.807) is 0 Å². The van der Waals surface area contributed by atoms with Gasteiger partial charge in [0.2, 0.25) is 0 Å². The van der Waals surface area contributed by atoms with Crippen LogP contribution >= 0.6 is 0 Å². The van der Waals surface area contributed by atoms with E-state index in [1.807, 2.05) is 11.9 Å². The topological polar surface area (TPSA) is 60.9 Å². The molecule has 0 aliphatic carbocycles.